The zero-order valence-electron chi connectivity index (χ0n) is 11.1. The molecular formula is C14H12F3N3O. The molecule has 1 aromatic carbocycles. The summed E-state index contributed by atoms with van der Waals surface area (Å²) in [6.07, 6.45) is 1.28. The van der Waals surface area contributed by atoms with Crippen molar-refractivity contribution in [2.45, 2.75) is 6.92 Å². The smallest absolute Gasteiger partial charge is 0.257 e. The molecule has 0 radical (unpaired) electrons. The van der Waals surface area contributed by atoms with E-state index in [0.29, 0.717) is 24.5 Å². The van der Waals surface area contributed by atoms with Crippen LogP contribution in [0, 0.1) is 17.5 Å². The maximum atomic E-state index is 13.4. The van der Waals surface area contributed by atoms with Crippen molar-refractivity contribution >= 4 is 17.4 Å². The Morgan fingerprint density at radius 2 is 2.00 bits per heavy atom. The standard InChI is InChI=1S/C14H12F3N3O/c1-2-18-12-4-3-8(7-19-12)14(21)20-11-6-9(15)5-10(16)13(11)17/h3-7H,2H2,1H3,(H,18,19)(H,20,21). The first-order chi connectivity index (χ1) is 10.0. The number of hydrogen-bond donors (Lipinski definition) is 2. The average molecular weight is 295 g/mol. The molecule has 0 atom stereocenters. The van der Waals surface area contributed by atoms with Gasteiger partial charge in [-0.3, -0.25) is 4.79 Å². The van der Waals surface area contributed by atoms with E-state index in [2.05, 4.69) is 15.6 Å². The first-order valence-corrected chi connectivity index (χ1v) is 6.17. The molecule has 0 saturated heterocycles. The minimum atomic E-state index is -1.37. The molecule has 2 rings (SSSR count). The molecule has 0 aliphatic rings. The number of anilines is 2. The van der Waals surface area contributed by atoms with Gasteiger partial charge in [-0.25, -0.2) is 18.2 Å². The second-order valence-electron chi connectivity index (χ2n) is 4.17. The number of halogens is 3. The molecule has 7 heteroatoms. The van der Waals surface area contributed by atoms with Crippen molar-refractivity contribution in [2.75, 3.05) is 17.2 Å². The van der Waals surface area contributed by atoms with Crippen molar-refractivity contribution in [3.8, 4) is 0 Å². The van der Waals surface area contributed by atoms with Gasteiger partial charge in [0.25, 0.3) is 5.91 Å². The molecule has 1 aromatic heterocycles. The van der Waals surface area contributed by atoms with Gasteiger partial charge in [0.1, 0.15) is 11.6 Å². The van der Waals surface area contributed by atoms with Crippen LogP contribution in [0.3, 0.4) is 0 Å². The SMILES string of the molecule is CCNc1ccc(C(=O)Nc2cc(F)cc(F)c2F)cn1. The third-order valence-electron chi connectivity index (χ3n) is 2.62. The number of benzene rings is 1. The highest BCUT2D eigenvalue weighted by Gasteiger charge is 2.14. The van der Waals surface area contributed by atoms with Gasteiger partial charge in [0.2, 0.25) is 0 Å². The molecule has 2 aromatic rings. The predicted molar refractivity (Wildman–Crippen MR) is 72.7 cm³/mol. The van der Waals surface area contributed by atoms with Crippen LogP contribution < -0.4 is 10.6 Å². The number of carbonyl (C=O) groups is 1. The molecule has 1 amide bonds. The van der Waals surface area contributed by atoms with Crippen LogP contribution in [-0.2, 0) is 0 Å². The number of nitrogens with one attached hydrogen (secondary N) is 2. The normalized spacial score (nSPS) is 10.3. The van der Waals surface area contributed by atoms with Crippen LogP contribution >= 0.6 is 0 Å². The second-order valence-corrected chi connectivity index (χ2v) is 4.17. The summed E-state index contributed by atoms with van der Waals surface area (Å²) >= 11 is 0. The summed E-state index contributed by atoms with van der Waals surface area (Å²) in [6, 6.07) is 4.14. The molecule has 110 valence electrons. The Balaban J connectivity index is 2.18. The van der Waals surface area contributed by atoms with E-state index in [4.69, 9.17) is 0 Å². The topological polar surface area (TPSA) is 54.0 Å². The van der Waals surface area contributed by atoms with Gasteiger partial charge in [0, 0.05) is 24.9 Å². The van der Waals surface area contributed by atoms with E-state index in [1.54, 1.807) is 6.07 Å². The molecule has 0 spiro atoms. The quantitative estimate of drug-likeness (QED) is 0.852. The highest BCUT2D eigenvalue weighted by Crippen LogP contribution is 2.20. The van der Waals surface area contributed by atoms with E-state index in [1.807, 2.05) is 6.92 Å². The zero-order valence-corrected chi connectivity index (χ0v) is 11.1. The van der Waals surface area contributed by atoms with Crippen LogP contribution in [0.15, 0.2) is 30.5 Å². The van der Waals surface area contributed by atoms with Gasteiger partial charge in [-0.1, -0.05) is 0 Å². The van der Waals surface area contributed by atoms with Crippen molar-refractivity contribution < 1.29 is 18.0 Å². The van der Waals surface area contributed by atoms with Crippen LogP contribution in [0.4, 0.5) is 24.7 Å². The van der Waals surface area contributed by atoms with Gasteiger partial charge in [-0.05, 0) is 19.1 Å². The number of pyridine rings is 1. The van der Waals surface area contributed by atoms with Crippen molar-refractivity contribution in [3.05, 3.63) is 53.5 Å². The van der Waals surface area contributed by atoms with Crippen LogP contribution in [0.5, 0.6) is 0 Å². The zero-order chi connectivity index (χ0) is 15.4. The van der Waals surface area contributed by atoms with Gasteiger partial charge in [0.05, 0.1) is 11.3 Å². The molecule has 0 fully saturated rings. The van der Waals surface area contributed by atoms with E-state index < -0.39 is 29.0 Å². The Morgan fingerprint density at radius 1 is 1.24 bits per heavy atom. The van der Waals surface area contributed by atoms with Crippen molar-refractivity contribution in [3.63, 3.8) is 0 Å². The Morgan fingerprint density at radius 3 is 2.62 bits per heavy atom. The molecule has 21 heavy (non-hydrogen) atoms. The lowest BCUT2D eigenvalue weighted by atomic mass is 10.2. The molecule has 4 nitrogen and oxygen atoms in total. The van der Waals surface area contributed by atoms with Crippen molar-refractivity contribution in [2.24, 2.45) is 0 Å². The lowest BCUT2D eigenvalue weighted by molar-refractivity contribution is 0.102. The molecule has 0 saturated carbocycles. The maximum Gasteiger partial charge on any atom is 0.257 e. The average Bonchev–Trinajstić information content (AvgIpc) is 2.45. The summed E-state index contributed by atoms with van der Waals surface area (Å²) in [6.45, 7) is 2.57. The monoisotopic (exact) mass is 295 g/mol. The summed E-state index contributed by atoms with van der Waals surface area (Å²) < 4.78 is 39.5. The fourth-order valence-corrected chi connectivity index (χ4v) is 1.66. The predicted octanol–water partition coefficient (Wildman–Crippen LogP) is 3.18. The first-order valence-electron chi connectivity index (χ1n) is 6.17. The number of hydrogen-bond acceptors (Lipinski definition) is 3. The molecule has 0 bridgehead atoms. The summed E-state index contributed by atoms with van der Waals surface area (Å²) in [5, 5.41) is 5.05. The van der Waals surface area contributed by atoms with Gasteiger partial charge < -0.3 is 10.6 Å². The molecule has 2 N–H and O–H groups in total. The first kappa shape index (κ1) is 14.8. The molecule has 0 aliphatic heterocycles. The number of carbonyl (C=O) groups excluding carboxylic acids is 1. The van der Waals surface area contributed by atoms with Gasteiger partial charge in [-0.2, -0.15) is 0 Å². The lowest BCUT2D eigenvalue weighted by Crippen LogP contribution is -2.14. The number of nitrogens with zero attached hydrogens (tertiary/aromatic N) is 1. The summed E-state index contributed by atoms with van der Waals surface area (Å²) in [5.41, 5.74) is -0.422. The lowest BCUT2D eigenvalue weighted by Gasteiger charge is -2.08. The number of amides is 1. The van der Waals surface area contributed by atoms with Crippen molar-refractivity contribution in [1.29, 1.82) is 0 Å². The van der Waals surface area contributed by atoms with E-state index in [-0.39, 0.29) is 5.56 Å². The van der Waals surface area contributed by atoms with Gasteiger partial charge in [0.15, 0.2) is 11.6 Å². The third kappa shape index (κ3) is 3.50. The molecular weight excluding hydrogens is 283 g/mol. The van der Waals surface area contributed by atoms with Gasteiger partial charge in [-0.15, -0.1) is 0 Å². The molecule has 0 aliphatic carbocycles. The van der Waals surface area contributed by atoms with Crippen LogP contribution in [0.2, 0.25) is 0 Å². The Hall–Kier alpha value is -2.57. The summed E-state index contributed by atoms with van der Waals surface area (Å²) in [7, 11) is 0. The van der Waals surface area contributed by atoms with E-state index in [0.717, 1.165) is 0 Å². The summed E-state index contributed by atoms with van der Waals surface area (Å²) in [5.74, 6) is -3.80. The fraction of sp³-hybridized carbons (Fsp3) is 0.143. The van der Waals surface area contributed by atoms with Crippen LogP contribution in [-0.4, -0.2) is 17.4 Å². The molecule has 1 heterocycles. The van der Waals surface area contributed by atoms with E-state index >= 15 is 0 Å². The highest BCUT2D eigenvalue weighted by molar-refractivity contribution is 6.04. The second kappa shape index (κ2) is 6.25. The van der Waals surface area contributed by atoms with E-state index in [1.165, 1.54) is 12.3 Å². The third-order valence-corrected chi connectivity index (χ3v) is 2.62. The number of rotatable bonds is 4. The van der Waals surface area contributed by atoms with Crippen LogP contribution in [0.1, 0.15) is 17.3 Å². The largest absolute Gasteiger partial charge is 0.370 e. The van der Waals surface area contributed by atoms with E-state index in [9.17, 15) is 18.0 Å². The number of aromatic nitrogens is 1. The molecule has 0 unspecified atom stereocenters. The Kier molecular flexibility index (Phi) is 4.42. The Bertz CT molecular complexity index is 659. The van der Waals surface area contributed by atoms with Crippen molar-refractivity contribution in [1.82, 2.24) is 4.98 Å². The Labute approximate surface area is 119 Å². The fourth-order valence-electron chi connectivity index (χ4n) is 1.66. The summed E-state index contributed by atoms with van der Waals surface area (Å²) in [4.78, 5) is 15.8. The maximum absolute atomic E-state index is 13.4. The van der Waals surface area contributed by atoms with Crippen LogP contribution in [0.25, 0.3) is 0 Å². The minimum Gasteiger partial charge on any atom is -0.370 e. The highest BCUT2D eigenvalue weighted by atomic mass is 19.2. The van der Waals surface area contributed by atoms with Gasteiger partial charge >= 0.3 is 0 Å². The minimum absolute atomic E-state index is 0.140.